The SMILES string of the molecule is CCOc1ccc(-c2c(CN)nn(C)c2C)cc1C. The summed E-state index contributed by atoms with van der Waals surface area (Å²) in [4.78, 5) is 0. The van der Waals surface area contributed by atoms with Gasteiger partial charge in [-0.05, 0) is 44.0 Å². The van der Waals surface area contributed by atoms with Gasteiger partial charge in [-0.1, -0.05) is 6.07 Å². The van der Waals surface area contributed by atoms with E-state index in [4.69, 9.17) is 10.5 Å². The number of nitrogens with zero attached hydrogens (tertiary/aromatic N) is 2. The zero-order valence-electron chi connectivity index (χ0n) is 12.0. The van der Waals surface area contributed by atoms with Gasteiger partial charge in [-0.3, -0.25) is 4.68 Å². The summed E-state index contributed by atoms with van der Waals surface area (Å²) in [6.07, 6.45) is 0. The minimum absolute atomic E-state index is 0.448. The first-order valence-corrected chi connectivity index (χ1v) is 6.54. The monoisotopic (exact) mass is 259 g/mol. The molecular formula is C15H21N3O. The predicted octanol–water partition coefficient (Wildman–Crippen LogP) is 2.56. The van der Waals surface area contributed by atoms with Crippen LogP contribution in [0, 0.1) is 13.8 Å². The zero-order chi connectivity index (χ0) is 14.0. The van der Waals surface area contributed by atoms with Crippen molar-refractivity contribution in [1.82, 2.24) is 9.78 Å². The molecule has 0 atom stereocenters. The lowest BCUT2D eigenvalue weighted by molar-refractivity contribution is 0.338. The molecule has 102 valence electrons. The van der Waals surface area contributed by atoms with Crippen LogP contribution < -0.4 is 10.5 Å². The molecule has 0 saturated carbocycles. The fraction of sp³-hybridized carbons (Fsp3) is 0.400. The first-order chi connectivity index (χ1) is 9.08. The molecule has 2 N–H and O–H groups in total. The van der Waals surface area contributed by atoms with Crippen molar-refractivity contribution in [3.8, 4) is 16.9 Å². The number of nitrogens with two attached hydrogens (primary N) is 1. The highest BCUT2D eigenvalue weighted by molar-refractivity contribution is 5.70. The van der Waals surface area contributed by atoms with E-state index in [1.54, 1.807) is 0 Å². The van der Waals surface area contributed by atoms with Gasteiger partial charge >= 0.3 is 0 Å². The molecule has 0 aliphatic carbocycles. The molecule has 0 bridgehead atoms. The van der Waals surface area contributed by atoms with Gasteiger partial charge in [0.25, 0.3) is 0 Å². The summed E-state index contributed by atoms with van der Waals surface area (Å²) in [6, 6.07) is 6.22. The van der Waals surface area contributed by atoms with E-state index in [9.17, 15) is 0 Å². The standard InChI is InChI=1S/C15H21N3O/c1-5-19-14-7-6-12(8-10(14)2)15-11(3)18(4)17-13(15)9-16/h6-8H,5,9,16H2,1-4H3. The van der Waals surface area contributed by atoms with Crippen molar-refractivity contribution in [2.24, 2.45) is 12.8 Å². The lowest BCUT2D eigenvalue weighted by atomic mass is 10.0. The lowest BCUT2D eigenvalue weighted by Crippen LogP contribution is -2.00. The van der Waals surface area contributed by atoms with Gasteiger partial charge in [-0.15, -0.1) is 0 Å². The van der Waals surface area contributed by atoms with Gasteiger partial charge in [0.2, 0.25) is 0 Å². The van der Waals surface area contributed by atoms with E-state index in [2.05, 4.69) is 31.1 Å². The molecule has 0 unspecified atom stereocenters. The van der Waals surface area contributed by atoms with Crippen LogP contribution in [0.15, 0.2) is 18.2 Å². The summed E-state index contributed by atoms with van der Waals surface area (Å²) >= 11 is 0. The highest BCUT2D eigenvalue weighted by Crippen LogP contribution is 2.30. The average Bonchev–Trinajstić information content (AvgIpc) is 2.68. The second-order valence-electron chi connectivity index (χ2n) is 4.65. The zero-order valence-corrected chi connectivity index (χ0v) is 12.0. The smallest absolute Gasteiger partial charge is 0.122 e. The van der Waals surface area contributed by atoms with Crippen molar-refractivity contribution in [2.45, 2.75) is 27.3 Å². The number of aryl methyl sites for hydroxylation is 2. The average molecular weight is 259 g/mol. The molecule has 19 heavy (non-hydrogen) atoms. The van der Waals surface area contributed by atoms with E-state index in [1.165, 1.54) is 0 Å². The van der Waals surface area contributed by atoms with Crippen molar-refractivity contribution in [1.29, 1.82) is 0 Å². The summed E-state index contributed by atoms with van der Waals surface area (Å²) < 4.78 is 7.45. The second kappa shape index (κ2) is 5.45. The molecule has 1 aromatic heterocycles. The van der Waals surface area contributed by atoms with Crippen molar-refractivity contribution >= 4 is 0 Å². The van der Waals surface area contributed by atoms with Crippen LogP contribution >= 0.6 is 0 Å². The van der Waals surface area contributed by atoms with Gasteiger partial charge in [0.1, 0.15) is 5.75 Å². The number of aromatic nitrogens is 2. The van der Waals surface area contributed by atoms with Crippen LogP contribution in [0.2, 0.25) is 0 Å². The van der Waals surface area contributed by atoms with Crippen molar-refractivity contribution < 1.29 is 4.74 Å². The van der Waals surface area contributed by atoms with E-state index >= 15 is 0 Å². The highest BCUT2D eigenvalue weighted by Gasteiger charge is 2.14. The minimum atomic E-state index is 0.448. The van der Waals surface area contributed by atoms with Crippen molar-refractivity contribution in [2.75, 3.05) is 6.61 Å². The Bertz CT molecular complexity index is 587. The Hall–Kier alpha value is -1.81. The van der Waals surface area contributed by atoms with Crippen LogP contribution in [0.5, 0.6) is 5.75 Å². The summed E-state index contributed by atoms with van der Waals surface area (Å²) in [7, 11) is 1.94. The normalized spacial score (nSPS) is 10.8. The number of hydrogen-bond acceptors (Lipinski definition) is 3. The maximum Gasteiger partial charge on any atom is 0.122 e. The van der Waals surface area contributed by atoms with Crippen molar-refractivity contribution in [3.05, 3.63) is 35.2 Å². The Balaban J connectivity index is 2.50. The third-order valence-electron chi connectivity index (χ3n) is 3.36. The number of rotatable bonds is 4. The molecule has 0 aliphatic rings. The molecule has 0 spiro atoms. The van der Waals surface area contributed by atoms with Crippen molar-refractivity contribution in [3.63, 3.8) is 0 Å². The molecule has 0 radical (unpaired) electrons. The second-order valence-corrected chi connectivity index (χ2v) is 4.65. The Kier molecular flexibility index (Phi) is 3.90. The van der Waals surface area contributed by atoms with Gasteiger partial charge in [-0.25, -0.2) is 0 Å². The fourth-order valence-electron chi connectivity index (χ4n) is 2.32. The molecule has 2 rings (SSSR count). The molecule has 2 aromatic rings. The van der Waals surface area contributed by atoms with Crippen LogP contribution in [-0.2, 0) is 13.6 Å². The predicted molar refractivity (Wildman–Crippen MR) is 77.2 cm³/mol. The molecular weight excluding hydrogens is 238 g/mol. The van der Waals surface area contributed by atoms with E-state index in [-0.39, 0.29) is 0 Å². The molecule has 4 nitrogen and oxygen atoms in total. The summed E-state index contributed by atoms with van der Waals surface area (Å²) in [5.74, 6) is 0.932. The van der Waals surface area contributed by atoms with Crippen LogP contribution in [0.3, 0.4) is 0 Å². The first kappa shape index (κ1) is 13.6. The van der Waals surface area contributed by atoms with E-state index in [0.29, 0.717) is 13.2 Å². The Labute approximate surface area is 114 Å². The van der Waals surface area contributed by atoms with Gasteiger partial charge in [-0.2, -0.15) is 5.10 Å². The number of benzene rings is 1. The molecule has 4 heteroatoms. The number of hydrogen-bond donors (Lipinski definition) is 1. The topological polar surface area (TPSA) is 53.1 Å². The maximum absolute atomic E-state index is 5.79. The molecule has 1 heterocycles. The summed E-state index contributed by atoms with van der Waals surface area (Å²) in [5, 5.41) is 4.45. The fourth-order valence-corrected chi connectivity index (χ4v) is 2.32. The van der Waals surface area contributed by atoms with Crippen LogP contribution in [-0.4, -0.2) is 16.4 Å². The Morgan fingerprint density at radius 2 is 2.05 bits per heavy atom. The minimum Gasteiger partial charge on any atom is -0.494 e. The van der Waals surface area contributed by atoms with Gasteiger partial charge < -0.3 is 10.5 Å². The molecule has 0 amide bonds. The first-order valence-electron chi connectivity index (χ1n) is 6.54. The lowest BCUT2D eigenvalue weighted by Gasteiger charge is -2.10. The third kappa shape index (κ3) is 2.49. The van der Waals surface area contributed by atoms with Crippen LogP contribution in [0.1, 0.15) is 23.9 Å². The summed E-state index contributed by atoms with van der Waals surface area (Å²) in [6.45, 7) is 7.24. The Morgan fingerprint density at radius 1 is 1.32 bits per heavy atom. The third-order valence-corrected chi connectivity index (χ3v) is 3.36. The quantitative estimate of drug-likeness (QED) is 0.918. The van der Waals surface area contributed by atoms with E-state index < -0.39 is 0 Å². The molecule has 0 saturated heterocycles. The highest BCUT2D eigenvalue weighted by atomic mass is 16.5. The maximum atomic E-state index is 5.79. The van der Waals surface area contributed by atoms with E-state index in [0.717, 1.165) is 33.8 Å². The number of ether oxygens (including phenoxy) is 1. The molecule has 0 aliphatic heterocycles. The van der Waals surface area contributed by atoms with Gasteiger partial charge in [0.05, 0.1) is 12.3 Å². The molecule has 0 fully saturated rings. The van der Waals surface area contributed by atoms with E-state index in [1.807, 2.05) is 24.7 Å². The summed E-state index contributed by atoms with van der Waals surface area (Å²) in [5.41, 5.74) is 11.3. The largest absolute Gasteiger partial charge is 0.494 e. The van der Waals surface area contributed by atoms with Crippen LogP contribution in [0.25, 0.3) is 11.1 Å². The van der Waals surface area contributed by atoms with Gasteiger partial charge in [0.15, 0.2) is 0 Å². The molecule has 1 aromatic carbocycles. The van der Waals surface area contributed by atoms with Crippen LogP contribution in [0.4, 0.5) is 0 Å². The Morgan fingerprint density at radius 3 is 2.63 bits per heavy atom. The van der Waals surface area contributed by atoms with Gasteiger partial charge in [0, 0.05) is 24.8 Å².